The second kappa shape index (κ2) is 15.4. The maximum absolute atomic E-state index is 13.1. The molecule has 2 saturated heterocycles. The summed E-state index contributed by atoms with van der Waals surface area (Å²) in [4.78, 5) is 55.5. The van der Waals surface area contributed by atoms with Gasteiger partial charge in [0.1, 0.15) is 12.1 Å². The van der Waals surface area contributed by atoms with Gasteiger partial charge in [-0.15, -0.1) is 0 Å². The Kier molecular flexibility index (Phi) is 10.4. The fourth-order valence-electron chi connectivity index (χ4n) is 6.42. The largest absolute Gasteiger partial charge is 0.330 e. The van der Waals surface area contributed by atoms with Crippen LogP contribution in [0.1, 0.15) is 47.9 Å². The summed E-state index contributed by atoms with van der Waals surface area (Å²) in [6.07, 6.45) is 7.48. The molecule has 8 nitrogen and oxygen atoms in total. The van der Waals surface area contributed by atoms with Crippen LogP contribution in [0, 0.1) is 0 Å². The number of benzene rings is 4. The van der Waals surface area contributed by atoms with Crippen LogP contribution in [0.3, 0.4) is 0 Å². The fourth-order valence-corrected chi connectivity index (χ4v) is 6.42. The van der Waals surface area contributed by atoms with Gasteiger partial charge in [0.15, 0.2) is 0 Å². The molecule has 4 aromatic carbocycles. The third kappa shape index (κ3) is 8.25. The van der Waals surface area contributed by atoms with E-state index in [9.17, 15) is 19.2 Å². The van der Waals surface area contributed by atoms with Crippen LogP contribution in [-0.4, -0.2) is 58.6 Å². The first-order valence-electron chi connectivity index (χ1n) is 16.6. The van der Waals surface area contributed by atoms with Gasteiger partial charge in [-0.3, -0.25) is 19.2 Å². The Balaban J connectivity index is 0.985. The zero-order chi connectivity index (χ0) is 33.3. The Labute approximate surface area is 281 Å². The summed E-state index contributed by atoms with van der Waals surface area (Å²) in [7, 11) is 0. The molecule has 1 unspecified atom stereocenters. The second-order valence-electron chi connectivity index (χ2n) is 12.4. The summed E-state index contributed by atoms with van der Waals surface area (Å²) in [6, 6.07) is 33.4. The van der Waals surface area contributed by atoms with E-state index in [0.717, 1.165) is 35.1 Å². The monoisotopic (exact) mass is 640 g/mol. The molecule has 2 aliphatic rings. The maximum atomic E-state index is 13.1. The van der Waals surface area contributed by atoms with E-state index in [1.165, 1.54) is 0 Å². The lowest BCUT2D eigenvalue weighted by atomic mass is 10.1. The third-order valence-electron chi connectivity index (χ3n) is 8.97. The summed E-state index contributed by atoms with van der Waals surface area (Å²) in [5.41, 5.74) is 5.18. The van der Waals surface area contributed by atoms with Crippen LogP contribution >= 0.6 is 0 Å². The van der Waals surface area contributed by atoms with Crippen LogP contribution in [0.25, 0.3) is 12.2 Å². The average Bonchev–Trinajstić information content (AvgIpc) is 3.81. The van der Waals surface area contributed by atoms with E-state index < -0.39 is 12.1 Å². The fraction of sp³-hybridized carbons (Fsp3) is 0.250. The van der Waals surface area contributed by atoms with E-state index in [4.69, 9.17) is 0 Å². The minimum absolute atomic E-state index is 0.0266. The van der Waals surface area contributed by atoms with Gasteiger partial charge in [-0.05, 0) is 72.2 Å². The van der Waals surface area contributed by atoms with Crippen LogP contribution in [0.15, 0.2) is 109 Å². The predicted octanol–water partition coefficient (Wildman–Crippen LogP) is 6.20. The quantitative estimate of drug-likeness (QED) is 0.202. The van der Waals surface area contributed by atoms with E-state index in [0.29, 0.717) is 50.1 Å². The molecule has 8 heteroatoms. The number of anilines is 2. The predicted molar refractivity (Wildman–Crippen MR) is 189 cm³/mol. The van der Waals surface area contributed by atoms with Gasteiger partial charge in [-0.25, -0.2) is 0 Å². The molecular weight excluding hydrogens is 600 g/mol. The molecule has 0 spiro atoms. The summed E-state index contributed by atoms with van der Waals surface area (Å²) >= 11 is 0. The van der Waals surface area contributed by atoms with Crippen molar-refractivity contribution in [2.75, 3.05) is 23.7 Å². The van der Waals surface area contributed by atoms with Gasteiger partial charge in [0.05, 0.1) is 12.8 Å². The maximum Gasteiger partial charge on any atom is 0.247 e. The molecule has 4 amide bonds. The third-order valence-corrected chi connectivity index (χ3v) is 8.97. The van der Waals surface area contributed by atoms with Crippen molar-refractivity contribution < 1.29 is 19.2 Å². The number of likely N-dealkylation sites (tertiary alicyclic amines) is 2. The number of amides is 4. The molecule has 244 valence electrons. The lowest BCUT2D eigenvalue weighted by Crippen LogP contribution is -2.43. The molecule has 2 atom stereocenters. The Morgan fingerprint density at radius 1 is 0.542 bits per heavy atom. The normalized spacial score (nSPS) is 17.4. The first kappa shape index (κ1) is 32.4. The summed E-state index contributed by atoms with van der Waals surface area (Å²) in [6.45, 7) is 1.19. The first-order chi connectivity index (χ1) is 23.4. The first-order valence-corrected chi connectivity index (χ1v) is 16.6. The van der Waals surface area contributed by atoms with E-state index in [1.807, 2.05) is 121 Å². The highest BCUT2D eigenvalue weighted by Crippen LogP contribution is 2.23. The highest BCUT2D eigenvalue weighted by Gasteiger charge is 2.35. The highest BCUT2D eigenvalue weighted by molar-refractivity contribution is 5.98. The van der Waals surface area contributed by atoms with Gasteiger partial charge in [0.25, 0.3) is 0 Å². The van der Waals surface area contributed by atoms with Gasteiger partial charge in [0.2, 0.25) is 23.6 Å². The standard InChI is InChI=1S/C40H40N4O4/c45-37(27-31-9-3-1-4-10-31)43-25-7-13-35(43)39(47)41-33-21-17-29(18-22-33)15-16-30-19-23-34(24-20-30)42-40(48)36-14-8-26-44(36)38(46)28-32-11-5-2-6-12-32/h1-6,9-12,15-24,35-36H,7-8,13-14,25-28H2,(H,41,47)(H,42,48)/b16-15+/t35-,36?/m1/s1. The molecule has 2 aliphatic heterocycles. The molecule has 4 aromatic rings. The molecule has 48 heavy (non-hydrogen) atoms. The minimum Gasteiger partial charge on any atom is -0.330 e. The van der Waals surface area contributed by atoms with E-state index in [1.54, 1.807) is 9.80 Å². The van der Waals surface area contributed by atoms with Crippen molar-refractivity contribution in [3.05, 3.63) is 131 Å². The highest BCUT2D eigenvalue weighted by atomic mass is 16.2. The SMILES string of the molecule is O=C(Nc1ccc(/C=C/c2ccc(NC(=O)[C@H]3CCCN3C(=O)Cc3ccccc3)cc2)cc1)C1CCCN1C(=O)Cc1ccccc1. The molecule has 0 aliphatic carbocycles. The zero-order valence-corrected chi connectivity index (χ0v) is 26.9. The summed E-state index contributed by atoms with van der Waals surface area (Å²) < 4.78 is 0. The van der Waals surface area contributed by atoms with Crippen molar-refractivity contribution in [3.8, 4) is 0 Å². The van der Waals surface area contributed by atoms with Crippen molar-refractivity contribution in [1.29, 1.82) is 0 Å². The summed E-state index contributed by atoms with van der Waals surface area (Å²) in [5.74, 6) is -0.380. The lowest BCUT2D eigenvalue weighted by Gasteiger charge is -2.24. The van der Waals surface area contributed by atoms with Gasteiger partial charge in [-0.1, -0.05) is 97.1 Å². The number of nitrogens with one attached hydrogen (secondary N) is 2. The lowest BCUT2D eigenvalue weighted by molar-refractivity contribution is -0.136. The van der Waals surface area contributed by atoms with Gasteiger partial charge >= 0.3 is 0 Å². The van der Waals surface area contributed by atoms with Crippen molar-refractivity contribution in [2.24, 2.45) is 0 Å². The van der Waals surface area contributed by atoms with Gasteiger partial charge in [-0.2, -0.15) is 0 Å². The molecular formula is C40H40N4O4. The molecule has 2 N–H and O–H groups in total. The van der Waals surface area contributed by atoms with E-state index in [2.05, 4.69) is 10.6 Å². The van der Waals surface area contributed by atoms with Crippen molar-refractivity contribution in [2.45, 2.75) is 50.6 Å². The summed E-state index contributed by atoms with van der Waals surface area (Å²) in [5, 5.41) is 5.96. The van der Waals surface area contributed by atoms with E-state index >= 15 is 0 Å². The Bertz CT molecular complexity index is 1620. The molecule has 0 aromatic heterocycles. The number of carbonyl (C=O) groups is 4. The van der Waals surface area contributed by atoms with E-state index in [-0.39, 0.29) is 23.6 Å². The number of carbonyl (C=O) groups excluding carboxylic acids is 4. The van der Waals surface area contributed by atoms with Gasteiger partial charge < -0.3 is 20.4 Å². The molecule has 0 radical (unpaired) electrons. The zero-order valence-electron chi connectivity index (χ0n) is 26.9. The number of nitrogens with zero attached hydrogens (tertiary/aromatic N) is 2. The second-order valence-corrected chi connectivity index (χ2v) is 12.4. The van der Waals surface area contributed by atoms with Crippen molar-refractivity contribution >= 4 is 47.2 Å². The number of rotatable bonds is 10. The van der Waals surface area contributed by atoms with Crippen molar-refractivity contribution in [3.63, 3.8) is 0 Å². The van der Waals surface area contributed by atoms with Crippen LogP contribution in [0.2, 0.25) is 0 Å². The Morgan fingerprint density at radius 3 is 1.29 bits per heavy atom. The molecule has 0 bridgehead atoms. The molecule has 6 rings (SSSR count). The molecule has 2 fully saturated rings. The van der Waals surface area contributed by atoms with Crippen LogP contribution in [0.5, 0.6) is 0 Å². The van der Waals surface area contributed by atoms with Crippen LogP contribution in [0.4, 0.5) is 11.4 Å². The molecule has 0 saturated carbocycles. The Morgan fingerprint density at radius 2 is 0.917 bits per heavy atom. The topological polar surface area (TPSA) is 98.8 Å². The molecule has 2 heterocycles. The smallest absolute Gasteiger partial charge is 0.247 e. The van der Waals surface area contributed by atoms with Crippen LogP contribution in [-0.2, 0) is 32.0 Å². The number of hydrogen-bond acceptors (Lipinski definition) is 4. The van der Waals surface area contributed by atoms with Gasteiger partial charge in [0, 0.05) is 24.5 Å². The Hall–Kier alpha value is -5.50. The van der Waals surface area contributed by atoms with Crippen molar-refractivity contribution in [1.82, 2.24) is 9.80 Å². The number of hydrogen-bond donors (Lipinski definition) is 2. The average molecular weight is 641 g/mol. The minimum atomic E-state index is -0.465. The van der Waals surface area contributed by atoms with Crippen LogP contribution < -0.4 is 10.6 Å².